The molecule has 0 bridgehead atoms. The van der Waals surface area contributed by atoms with Crippen molar-refractivity contribution in [3.8, 4) is 12.3 Å². The van der Waals surface area contributed by atoms with Crippen LogP contribution in [0.5, 0.6) is 0 Å². The fourth-order valence-corrected chi connectivity index (χ4v) is 2.62. The van der Waals surface area contributed by atoms with Crippen molar-refractivity contribution in [2.75, 3.05) is 18.8 Å². The maximum atomic E-state index is 12.1. The van der Waals surface area contributed by atoms with Crippen molar-refractivity contribution >= 4 is 15.7 Å². The van der Waals surface area contributed by atoms with Crippen LogP contribution in [0.1, 0.15) is 6.92 Å². The van der Waals surface area contributed by atoms with Gasteiger partial charge in [-0.15, -0.1) is 6.42 Å². The van der Waals surface area contributed by atoms with Crippen molar-refractivity contribution in [2.45, 2.75) is 11.8 Å². The molecule has 0 fully saturated rings. The number of benzene rings is 1. The molecule has 1 aromatic carbocycles. The second kappa shape index (κ2) is 5.01. The van der Waals surface area contributed by atoms with Crippen molar-refractivity contribution in [3.05, 3.63) is 24.3 Å². The molecule has 4 nitrogen and oxygen atoms in total. The van der Waals surface area contributed by atoms with Gasteiger partial charge in [0, 0.05) is 12.2 Å². The Bertz CT molecular complexity index is 486. The lowest BCUT2D eigenvalue weighted by Gasteiger charge is -2.17. The fraction of sp³-hybridized carbons (Fsp3) is 0.273. The molecule has 0 aromatic heterocycles. The Balaban J connectivity index is 3.10. The van der Waals surface area contributed by atoms with Crippen LogP contribution in [0, 0.1) is 12.3 Å². The molecule has 0 saturated carbocycles. The topological polar surface area (TPSA) is 63.4 Å². The van der Waals surface area contributed by atoms with E-state index >= 15 is 0 Å². The molecule has 1 aromatic rings. The minimum atomic E-state index is -3.49. The highest BCUT2D eigenvalue weighted by Crippen LogP contribution is 2.16. The average Bonchev–Trinajstić information content (AvgIpc) is 2.26. The minimum Gasteiger partial charge on any atom is -0.399 e. The number of hydrogen-bond acceptors (Lipinski definition) is 3. The van der Waals surface area contributed by atoms with Gasteiger partial charge in [-0.1, -0.05) is 12.8 Å². The van der Waals surface area contributed by atoms with E-state index in [4.69, 9.17) is 12.2 Å². The van der Waals surface area contributed by atoms with Gasteiger partial charge in [0.15, 0.2) is 0 Å². The maximum Gasteiger partial charge on any atom is 0.243 e. The molecule has 16 heavy (non-hydrogen) atoms. The summed E-state index contributed by atoms with van der Waals surface area (Å²) in [6.45, 7) is 2.16. The van der Waals surface area contributed by atoms with Gasteiger partial charge in [0.05, 0.1) is 11.4 Å². The number of sulfonamides is 1. The van der Waals surface area contributed by atoms with Gasteiger partial charge >= 0.3 is 0 Å². The Kier molecular flexibility index (Phi) is 3.93. The Hall–Kier alpha value is -1.51. The predicted molar refractivity (Wildman–Crippen MR) is 64.1 cm³/mol. The van der Waals surface area contributed by atoms with Crippen molar-refractivity contribution in [2.24, 2.45) is 0 Å². The van der Waals surface area contributed by atoms with E-state index in [1.54, 1.807) is 19.1 Å². The van der Waals surface area contributed by atoms with Gasteiger partial charge in [0.25, 0.3) is 0 Å². The van der Waals surface area contributed by atoms with Crippen LogP contribution in [-0.4, -0.2) is 25.8 Å². The first-order chi connectivity index (χ1) is 7.52. The third kappa shape index (κ3) is 2.54. The zero-order chi connectivity index (χ0) is 12.2. The molecule has 0 saturated heterocycles. The summed E-state index contributed by atoms with van der Waals surface area (Å²) < 4.78 is 25.3. The summed E-state index contributed by atoms with van der Waals surface area (Å²) in [7, 11) is -3.49. The predicted octanol–water partition coefficient (Wildman–Crippen LogP) is 0.913. The van der Waals surface area contributed by atoms with Crippen molar-refractivity contribution in [3.63, 3.8) is 0 Å². The molecule has 0 aliphatic carbocycles. The summed E-state index contributed by atoms with van der Waals surface area (Å²) in [6.07, 6.45) is 5.13. The van der Waals surface area contributed by atoms with Gasteiger partial charge in [-0.05, 0) is 24.3 Å². The van der Waals surface area contributed by atoms with E-state index in [0.717, 1.165) is 0 Å². The van der Waals surface area contributed by atoms with E-state index in [2.05, 4.69) is 5.92 Å². The van der Waals surface area contributed by atoms with Crippen molar-refractivity contribution in [1.29, 1.82) is 0 Å². The highest BCUT2D eigenvalue weighted by atomic mass is 32.2. The van der Waals surface area contributed by atoms with Crippen LogP contribution in [0.4, 0.5) is 5.69 Å². The molecule has 0 atom stereocenters. The van der Waals surface area contributed by atoms with E-state index in [9.17, 15) is 8.42 Å². The number of nitrogens with two attached hydrogens (primary N) is 1. The quantitative estimate of drug-likeness (QED) is 0.626. The third-order valence-electron chi connectivity index (χ3n) is 2.14. The van der Waals surface area contributed by atoms with Crippen LogP contribution in [-0.2, 0) is 10.0 Å². The molecule has 1 rings (SSSR count). The number of nitrogen functional groups attached to an aromatic ring is 1. The van der Waals surface area contributed by atoms with Crippen LogP contribution < -0.4 is 5.73 Å². The SMILES string of the molecule is C#CCN(CC)S(=O)(=O)c1ccc(N)cc1. The summed E-state index contributed by atoms with van der Waals surface area (Å²) in [6, 6.07) is 6.06. The van der Waals surface area contributed by atoms with Gasteiger partial charge < -0.3 is 5.73 Å². The normalized spacial score (nSPS) is 11.3. The van der Waals surface area contributed by atoms with E-state index in [-0.39, 0.29) is 11.4 Å². The average molecular weight is 238 g/mol. The summed E-state index contributed by atoms with van der Waals surface area (Å²) >= 11 is 0. The Labute approximate surface area is 96.1 Å². The lowest BCUT2D eigenvalue weighted by molar-refractivity contribution is 0.464. The second-order valence-corrected chi connectivity index (χ2v) is 5.14. The number of anilines is 1. The van der Waals surface area contributed by atoms with Crippen LogP contribution >= 0.6 is 0 Å². The van der Waals surface area contributed by atoms with Gasteiger partial charge in [-0.25, -0.2) is 8.42 Å². The molecule has 0 spiro atoms. The van der Waals surface area contributed by atoms with Gasteiger partial charge in [-0.2, -0.15) is 4.31 Å². The molecular weight excluding hydrogens is 224 g/mol. The Morgan fingerprint density at radius 1 is 1.38 bits per heavy atom. The van der Waals surface area contributed by atoms with E-state index in [1.807, 2.05) is 0 Å². The van der Waals surface area contributed by atoms with E-state index in [0.29, 0.717) is 12.2 Å². The highest BCUT2D eigenvalue weighted by Gasteiger charge is 2.21. The van der Waals surface area contributed by atoms with Crippen LogP contribution in [0.2, 0.25) is 0 Å². The summed E-state index contributed by atoms with van der Waals surface area (Å²) in [4.78, 5) is 0.207. The molecule has 0 unspecified atom stereocenters. The summed E-state index contributed by atoms with van der Waals surface area (Å²) in [5.41, 5.74) is 6.02. The molecule has 0 heterocycles. The minimum absolute atomic E-state index is 0.0726. The molecule has 0 amide bonds. The smallest absolute Gasteiger partial charge is 0.243 e. The largest absolute Gasteiger partial charge is 0.399 e. The summed E-state index contributed by atoms with van der Waals surface area (Å²) in [5, 5.41) is 0. The molecular formula is C11H14N2O2S. The van der Waals surface area contributed by atoms with Crippen LogP contribution in [0.25, 0.3) is 0 Å². The zero-order valence-electron chi connectivity index (χ0n) is 9.05. The van der Waals surface area contributed by atoms with Gasteiger partial charge in [-0.3, -0.25) is 0 Å². The molecule has 0 radical (unpaired) electrons. The van der Waals surface area contributed by atoms with Crippen molar-refractivity contribution < 1.29 is 8.42 Å². The Morgan fingerprint density at radius 2 is 1.94 bits per heavy atom. The number of rotatable bonds is 4. The first-order valence-corrected chi connectivity index (χ1v) is 6.25. The van der Waals surface area contributed by atoms with E-state index < -0.39 is 10.0 Å². The maximum absolute atomic E-state index is 12.1. The number of hydrogen-bond donors (Lipinski definition) is 1. The standard InChI is InChI=1S/C11H14N2O2S/c1-3-9-13(4-2)16(14,15)11-7-5-10(12)6-8-11/h1,5-8H,4,9,12H2,2H3. The third-order valence-corrected chi connectivity index (χ3v) is 4.07. The molecule has 86 valence electrons. The highest BCUT2D eigenvalue weighted by molar-refractivity contribution is 7.89. The molecule has 0 aliphatic heterocycles. The lowest BCUT2D eigenvalue weighted by atomic mass is 10.3. The molecule has 0 aliphatic rings. The number of nitrogens with zero attached hydrogens (tertiary/aromatic N) is 1. The lowest BCUT2D eigenvalue weighted by Crippen LogP contribution is -2.31. The summed E-state index contributed by atoms with van der Waals surface area (Å²) in [5.74, 6) is 2.33. The number of terminal acetylenes is 1. The van der Waals surface area contributed by atoms with Gasteiger partial charge in [0.2, 0.25) is 10.0 Å². The molecule has 5 heteroatoms. The Morgan fingerprint density at radius 3 is 2.38 bits per heavy atom. The van der Waals surface area contributed by atoms with Crippen LogP contribution in [0.3, 0.4) is 0 Å². The molecule has 2 N–H and O–H groups in total. The van der Waals surface area contributed by atoms with Crippen molar-refractivity contribution in [1.82, 2.24) is 4.31 Å². The monoisotopic (exact) mass is 238 g/mol. The van der Waals surface area contributed by atoms with Gasteiger partial charge in [0.1, 0.15) is 0 Å². The van der Waals surface area contributed by atoms with E-state index in [1.165, 1.54) is 16.4 Å². The first kappa shape index (κ1) is 12.6. The zero-order valence-corrected chi connectivity index (χ0v) is 9.87. The second-order valence-electron chi connectivity index (χ2n) is 3.20. The first-order valence-electron chi connectivity index (χ1n) is 4.81. The van der Waals surface area contributed by atoms with Crippen LogP contribution in [0.15, 0.2) is 29.2 Å². The fourth-order valence-electron chi connectivity index (χ4n) is 1.26.